The summed E-state index contributed by atoms with van der Waals surface area (Å²) < 4.78 is 5.23. The highest BCUT2D eigenvalue weighted by Crippen LogP contribution is 2.38. The highest BCUT2D eigenvalue weighted by atomic mass is 35.5. The Bertz CT molecular complexity index is 1060. The lowest BCUT2D eigenvalue weighted by atomic mass is 9.95. The first-order valence-electron chi connectivity index (χ1n) is 9.22. The van der Waals surface area contributed by atoms with Crippen LogP contribution in [0.2, 0.25) is 0 Å². The van der Waals surface area contributed by atoms with Crippen LogP contribution >= 0.6 is 22.9 Å². The molecule has 9 heteroatoms. The van der Waals surface area contributed by atoms with Gasteiger partial charge in [0.1, 0.15) is 11.1 Å². The minimum atomic E-state index is -0.694. The van der Waals surface area contributed by atoms with Crippen molar-refractivity contribution in [1.82, 2.24) is 15.4 Å². The van der Waals surface area contributed by atoms with Gasteiger partial charge in [0, 0.05) is 10.9 Å². The molecule has 1 aliphatic rings. The van der Waals surface area contributed by atoms with E-state index in [9.17, 15) is 9.59 Å². The van der Waals surface area contributed by atoms with Gasteiger partial charge in [-0.25, -0.2) is 10.4 Å². The lowest BCUT2D eigenvalue weighted by molar-refractivity contribution is -0.151. The molecule has 2 N–H and O–H groups in total. The molecule has 2 unspecified atom stereocenters. The molecular weight excluding hydrogens is 424 g/mol. The molecule has 154 valence electrons. The van der Waals surface area contributed by atoms with Gasteiger partial charge in [-0.2, -0.15) is 0 Å². The van der Waals surface area contributed by atoms with Gasteiger partial charge < -0.3 is 10.1 Å². The van der Waals surface area contributed by atoms with Crippen LogP contribution in [0.25, 0.3) is 11.3 Å². The molecule has 7 nitrogen and oxygen atoms in total. The Balaban J connectivity index is 1.36. The summed E-state index contributed by atoms with van der Waals surface area (Å²) >= 11 is 7.56. The standard InChI is InChI=1S/C21H19ClN4O3S/c1-29-15-9-5-8-14(10-15)19-18(22)20(28)26(19)23-11-17(27)25-21-24-16(12-30-21)13-6-3-2-4-7-13/h2-10,12,18-19,23H,11H2,1H3,(H,24,25,27). The van der Waals surface area contributed by atoms with E-state index in [1.807, 2.05) is 60.0 Å². The number of anilines is 1. The molecule has 2 aromatic carbocycles. The predicted molar refractivity (Wildman–Crippen MR) is 116 cm³/mol. The number of alkyl halides is 1. The van der Waals surface area contributed by atoms with Crippen molar-refractivity contribution in [2.24, 2.45) is 0 Å². The number of β-lactam (4-membered cyclic amide) rings is 1. The second-order valence-corrected chi connectivity index (χ2v) is 7.95. The van der Waals surface area contributed by atoms with Crippen molar-refractivity contribution in [3.63, 3.8) is 0 Å². The smallest absolute Gasteiger partial charge is 0.257 e. The number of rotatable bonds is 7. The molecule has 2 amide bonds. The van der Waals surface area contributed by atoms with E-state index in [4.69, 9.17) is 16.3 Å². The third kappa shape index (κ3) is 4.16. The highest BCUT2D eigenvalue weighted by Gasteiger charge is 2.47. The van der Waals surface area contributed by atoms with Gasteiger partial charge in [0.05, 0.1) is 25.4 Å². The number of hydrogen-bond donors (Lipinski definition) is 2. The zero-order valence-electron chi connectivity index (χ0n) is 16.0. The third-order valence-corrected chi connectivity index (χ3v) is 5.88. The van der Waals surface area contributed by atoms with Gasteiger partial charge in [0.2, 0.25) is 5.91 Å². The van der Waals surface area contributed by atoms with Gasteiger partial charge >= 0.3 is 0 Å². The van der Waals surface area contributed by atoms with Crippen molar-refractivity contribution in [3.8, 4) is 17.0 Å². The number of nitrogens with zero attached hydrogens (tertiary/aromatic N) is 2. The topological polar surface area (TPSA) is 83.6 Å². The number of carbonyl (C=O) groups is 2. The van der Waals surface area contributed by atoms with Crippen molar-refractivity contribution in [1.29, 1.82) is 0 Å². The fourth-order valence-electron chi connectivity index (χ4n) is 3.17. The SMILES string of the molecule is COc1cccc(C2C(Cl)C(=O)N2NCC(=O)Nc2nc(-c3ccccc3)cs2)c1. The fourth-order valence-corrected chi connectivity index (χ4v) is 4.27. The summed E-state index contributed by atoms with van der Waals surface area (Å²) in [5, 5.41) is 5.81. The van der Waals surface area contributed by atoms with Crippen LogP contribution in [0, 0.1) is 0 Å². The molecule has 2 atom stereocenters. The van der Waals surface area contributed by atoms with E-state index in [-0.39, 0.29) is 24.4 Å². The van der Waals surface area contributed by atoms with Crippen molar-refractivity contribution >= 4 is 39.9 Å². The molecule has 0 bridgehead atoms. The molecule has 0 spiro atoms. The predicted octanol–water partition coefficient (Wildman–Crippen LogP) is 3.45. The zero-order valence-corrected chi connectivity index (χ0v) is 17.6. The van der Waals surface area contributed by atoms with Crippen LogP contribution in [0.5, 0.6) is 5.75 Å². The molecule has 1 saturated heterocycles. The maximum absolute atomic E-state index is 12.3. The second-order valence-electron chi connectivity index (χ2n) is 6.62. The summed E-state index contributed by atoms with van der Waals surface area (Å²) in [7, 11) is 1.57. The molecule has 0 aliphatic carbocycles. The van der Waals surface area contributed by atoms with Crippen LogP contribution in [0.1, 0.15) is 11.6 Å². The minimum Gasteiger partial charge on any atom is -0.497 e. The number of halogens is 1. The van der Waals surface area contributed by atoms with Crippen LogP contribution in [0.4, 0.5) is 5.13 Å². The van der Waals surface area contributed by atoms with Crippen molar-refractivity contribution in [3.05, 3.63) is 65.5 Å². The number of nitrogens with one attached hydrogen (secondary N) is 2. The van der Waals surface area contributed by atoms with E-state index in [2.05, 4.69) is 15.7 Å². The number of hydrazine groups is 1. The molecule has 0 saturated carbocycles. The molecule has 0 radical (unpaired) electrons. The number of benzene rings is 2. The molecule has 1 aliphatic heterocycles. The Labute approximate surface area is 182 Å². The molecule has 3 aromatic rings. The van der Waals surface area contributed by atoms with Crippen LogP contribution in [0.3, 0.4) is 0 Å². The van der Waals surface area contributed by atoms with E-state index < -0.39 is 5.38 Å². The Hall–Kier alpha value is -2.94. The largest absolute Gasteiger partial charge is 0.497 e. The maximum Gasteiger partial charge on any atom is 0.257 e. The van der Waals surface area contributed by atoms with E-state index in [1.165, 1.54) is 16.3 Å². The van der Waals surface area contributed by atoms with E-state index >= 15 is 0 Å². The van der Waals surface area contributed by atoms with Gasteiger partial charge in [-0.3, -0.25) is 14.6 Å². The summed E-state index contributed by atoms with van der Waals surface area (Å²) in [6.45, 7) is -0.0872. The highest BCUT2D eigenvalue weighted by molar-refractivity contribution is 7.14. The number of aromatic nitrogens is 1. The summed E-state index contributed by atoms with van der Waals surface area (Å²) in [6.07, 6.45) is 0. The van der Waals surface area contributed by atoms with E-state index in [0.717, 1.165) is 16.8 Å². The maximum atomic E-state index is 12.3. The van der Waals surface area contributed by atoms with Gasteiger partial charge in [-0.1, -0.05) is 42.5 Å². The second kappa shape index (κ2) is 8.83. The number of amides is 2. The fraction of sp³-hybridized carbons (Fsp3) is 0.190. The first kappa shape index (κ1) is 20.3. The number of hydrogen-bond acceptors (Lipinski definition) is 6. The van der Waals surface area contributed by atoms with Gasteiger partial charge in [0.15, 0.2) is 5.13 Å². The molecule has 2 heterocycles. The van der Waals surface area contributed by atoms with E-state index in [0.29, 0.717) is 10.9 Å². The molecule has 4 rings (SSSR count). The van der Waals surface area contributed by atoms with Gasteiger partial charge in [0.25, 0.3) is 5.91 Å². The lowest BCUT2D eigenvalue weighted by Crippen LogP contribution is -2.62. The Morgan fingerprint density at radius 2 is 2.03 bits per heavy atom. The summed E-state index contributed by atoms with van der Waals surface area (Å²) in [6, 6.07) is 16.7. The van der Waals surface area contributed by atoms with Crippen molar-refractivity contribution < 1.29 is 14.3 Å². The Kier molecular flexibility index (Phi) is 5.98. The normalized spacial score (nSPS) is 18.1. The summed E-state index contributed by atoms with van der Waals surface area (Å²) in [5.41, 5.74) is 5.47. The monoisotopic (exact) mass is 442 g/mol. The number of thiazole rings is 1. The minimum absolute atomic E-state index is 0.0872. The lowest BCUT2D eigenvalue weighted by Gasteiger charge is -2.44. The van der Waals surface area contributed by atoms with Gasteiger partial charge in [-0.15, -0.1) is 22.9 Å². The van der Waals surface area contributed by atoms with E-state index in [1.54, 1.807) is 7.11 Å². The van der Waals surface area contributed by atoms with Crippen LogP contribution in [0.15, 0.2) is 60.0 Å². The van der Waals surface area contributed by atoms with Crippen LogP contribution in [-0.4, -0.2) is 40.8 Å². The summed E-state index contributed by atoms with van der Waals surface area (Å²) in [4.78, 5) is 29.0. The van der Waals surface area contributed by atoms with Crippen molar-refractivity contribution in [2.45, 2.75) is 11.4 Å². The van der Waals surface area contributed by atoms with Crippen LogP contribution in [-0.2, 0) is 9.59 Å². The third-order valence-electron chi connectivity index (χ3n) is 4.69. The zero-order chi connectivity index (χ0) is 21.1. The number of carbonyl (C=O) groups excluding carboxylic acids is 2. The number of methoxy groups -OCH3 is 1. The molecular formula is C21H19ClN4O3S. The summed E-state index contributed by atoms with van der Waals surface area (Å²) in [5.74, 6) is 0.0866. The molecule has 1 aromatic heterocycles. The van der Waals surface area contributed by atoms with Crippen molar-refractivity contribution in [2.75, 3.05) is 19.0 Å². The Morgan fingerprint density at radius 3 is 2.80 bits per heavy atom. The first-order valence-corrected chi connectivity index (χ1v) is 10.5. The average molecular weight is 443 g/mol. The molecule has 30 heavy (non-hydrogen) atoms. The molecule has 1 fully saturated rings. The van der Waals surface area contributed by atoms with Crippen LogP contribution < -0.4 is 15.5 Å². The quantitative estimate of drug-likeness (QED) is 0.432. The first-order chi connectivity index (χ1) is 14.6. The Morgan fingerprint density at radius 1 is 1.23 bits per heavy atom. The van der Waals surface area contributed by atoms with Gasteiger partial charge in [-0.05, 0) is 17.7 Å². The number of ether oxygens (including phenoxy) is 1. The average Bonchev–Trinajstić information content (AvgIpc) is 3.25.